The van der Waals surface area contributed by atoms with Crippen molar-refractivity contribution in [1.82, 2.24) is 9.78 Å². The maximum atomic E-state index is 11.0. The summed E-state index contributed by atoms with van der Waals surface area (Å²) in [5.41, 5.74) is 4.73. The van der Waals surface area contributed by atoms with Crippen molar-refractivity contribution in [3.63, 3.8) is 0 Å². The summed E-state index contributed by atoms with van der Waals surface area (Å²) in [5.74, 6) is -0.431. The van der Waals surface area contributed by atoms with Crippen LogP contribution in [0.1, 0.15) is 29.4 Å². The van der Waals surface area contributed by atoms with Gasteiger partial charge in [0.1, 0.15) is 12.4 Å². The van der Waals surface area contributed by atoms with E-state index in [1.807, 2.05) is 67.1 Å². The van der Waals surface area contributed by atoms with Gasteiger partial charge in [-0.1, -0.05) is 30.7 Å². The number of hydrogen-bond donors (Lipinski definition) is 1. The lowest BCUT2D eigenvalue weighted by Crippen LogP contribution is -2.12. The zero-order chi connectivity index (χ0) is 20.3. The Morgan fingerprint density at radius 2 is 1.89 bits per heavy atom. The number of aromatic nitrogens is 2. The largest absolute Gasteiger partial charge is 0.487 e. The quantitative estimate of drug-likeness (QED) is 0.609. The minimum absolute atomic E-state index is 0.370. The van der Waals surface area contributed by atoms with Crippen molar-refractivity contribution >= 4 is 17.6 Å². The van der Waals surface area contributed by atoms with Crippen LogP contribution in [0.15, 0.2) is 48.5 Å². The normalized spacial score (nSPS) is 12.0. The van der Waals surface area contributed by atoms with E-state index in [1.54, 1.807) is 6.92 Å². The molecule has 1 heterocycles. The highest BCUT2D eigenvalue weighted by molar-refractivity contribution is 6.30. The first kappa shape index (κ1) is 20.0. The van der Waals surface area contributed by atoms with Crippen molar-refractivity contribution in [1.29, 1.82) is 0 Å². The fraction of sp³-hybridized carbons (Fsp3) is 0.273. The predicted octanol–water partition coefficient (Wildman–Crippen LogP) is 4.98. The van der Waals surface area contributed by atoms with Crippen molar-refractivity contribution in [2.75, 3.05) is 0 Å². The average Bonchev–Trinajstić information content (AvgIpc) is 3.02. The van der Waals surface area contributed by atoms with Crippen molar-refractivity contribution in [2.24, 2.45) is 5.92 Å². The molecule has 0 bridgehead atoms. The van der Waals surface area contributed by atoms with Crippen molar-refractivity contribution in [3.05, 3.63) is 76.1 Å². The van der Waals surface area contributed by atoms with Crippen LogP contribution in [0.4, 0.5) is 0 Å². The van der Waals surface area contributed by atoms with Crippen molar-refractivity contribution < 1.29 is 14.6 Å². The number of carboxylic acids is 1. The van der Waals surface area contributed by atoms with Crippen LogP contribution in [0, 0.1) is 19.8 Å². The van der Waals surface area contributed by atoms with Crippen LogP contribution >= 0.6 is 11.6 Å². The molecule has 0 aliphatic rings. The summed E-state index contributed by atoms with van der Waals surface area (Å²) >= 11 is 5.98. The Bertz CT molecular complexity index is 980. The van der Waals surface area contributed by atoms with E-state index in [9.17, 15) is 4.79 Å². The molecule has 3 aromatic rings. The van der Waals surface area contributed by atoms with E-state index in [2.05, 4.69) is 5.10 Å². The summed E-state index contributed by atoms with van der Waals surface area (Å²) in [5, 5.41) is 14.3. The molecule has 0 radical (unpaired) electrons. The molecule has 1 atom stereocenters. The van der Waals surface area contributed by atoms with Crippen LogP contribution < -0.4 is 4.74 Å². The number of benzene rings is 2. The number of aryl methyl sites for hydroxylation is 2. The molecule has 2 aromatic carbocycles. The molecule has 0 spiro atoms. The summed E-state index contributed by atoms with van der Waals surface area (Å²) < 4.78 is 7.88. The second kappa shape index (κ2) is 8.48. The number of aliphatic carboxylic acids is 1. The Kier molecular flexibility index (Phi) is 6.05. The Balaban J connectivity index is 1.74. The van der Waals surface area contributed by atoms with Crippen molar-refractivity contribution in [2.45, 2.75) is 33.8 Å². The molecule has 0 fully saturated rings. The number of carboxylic acid groups (broad SMARTS) is 1. The number of ether oxygens (including phenoxy) is 1. The Morgan fingerprint density at radius 3 is 2.54 bits per heavy atom. The standard InChI is InChI=1S/C22H23ClN2O3/c1-14-10-17(11-15(2)22(26)27)4-9-21(14)28-13-20-12-16(3)24-25(20)19-7-5-18(23)6-8-19/h4-10,12,15H,11,13H2,1-3H3,(H,26,27). The minimum atomic E-state index is -0.788. The molecule has 6 heteroatoms. The lowest BCUT2D eigenvalue weighted by Gasteiger charge is -2.13. The zero-order valence-corrected chi connectivity index (χ0v) is 16.9. The number of carbonyl (C=O) groups is 1. The lowest BCUT2D eigenvalue weighted by molar-refractivity contribution is -0.141. The predicted molar refractivity (Wildman–Crippen MR) is 109 cm³/mol. The molecular weight excluding hydrogens is 376 g/mol. The molecule has 0 saturated carbocycles. The van der Waals surface area contributed by atoms with E-state index in [1.165, 1.54) is 0 Å². The molecule has 1 aromatic heterocycles. The number of nitrogens with zero attached hydrogens (tertiary/aromatic N) is 2. The second-order valence-electron chi connectivity index (χ2n) is 7.00. The molecule has 0 aliphatic heterocycles. The van der Waals surface area contributed by atoms with Gasteiger partial charge in [0.05, 0.1) is 23.0 Å². The average molecular weight is 399 g/mol. The summed E-state index contributed by atoms with van der Waals surface area (Å²) in [6.45, 7) is 5.99. The fourth-order valence-electron chi connectivity index (χ4n) is 3.05. The van der Waals surface area contributed by atoms with Gasteiger partial charge in [0, 0.05) is 5.02 Å². The van der Waals surface area contributed by atoms with Crippen LogP contribution in [0.25, 0.3) is 5.69 Å². The van der Waals surface area contributed by atoms with Gasteiger partial charge in [0.25, 0.3) is 0 Å². The van der Waals surface area contributed by atoms with E-state index in [4.69, 9.17) is 21.4 Å². The van der Waals surface area contributed by atoms with E-state index >= 15 is 0 Å². The van der Waals surface area contributed by atoms with Gasteiger partial charge in [-0.2, -0.15) is 5.10 Å². The van der Waals surface area contributed by atoms with Gasteiger partial charge in [0.15, 0.2) is 0 Å². The summed E-state index contributed by atoms with van der Waals surface area (Å²) in [4.78, 5) is 11.0. The van der Waals surface area contributed by atoms with Crippen LogP contribution in [0.5, 0.6) is 5.75 Å². The van der Waals surface area contributed by atoms with Crippen LogP contribution in [0.3, 0.4) is 0 Å². The fourth-order valence-corrected chi connectivity index (χ4v) is 3.18. The van der Waals surface area contributed by atoms with E-state index in [0.29, 0.717) is 18.1 Å². The molecule has 28 heavy (non-hydrogen) atoms. The van der Waals surface area contributed by atoms with Gasteiger partial charge in [-0.15, -0.1) is 0 Å². The summed E-state index contributed by atoms with van der Waals surface area (Å²) in [6, 6.07) is 15.3. The Labute approximate surface area is 169 Å². The monoisotopic (exact) mass is 398 g/mol. The van der Waals surface area contributed by atoms with Crippen molar-refractivity contribution in [3.8, 4) is 11.4 Å². The van der Waals surface area contributed by atoms with Gasteiger partial charge < -0.3 is 9.84 Å². The SMILES string of the molecule is Cc1cc(COc2ccc(CC(C)C(=O)O)cc2C)n(-c2ccc(Cl)cc2)n1. The summed E-state index contributed by atoms with van der Waals surface area (Å²) in [7, 11) is 0. The van der Waals surface area contributed by atoms with Gasteiger partial charge >= 0.3 is 5.97 Å². The molecule has 5 nitrogen and oxygen atoms in total. The molecule has 0 amide bonds. The second-order valence-corrected chi connectivity index (χ2v) is 7.43. The highest BCUT2D eigenvalue weighted by atomic mass is 35.5. The summed E-state index contributed by atoms with van der Waals surface area (Å²) in [6.07, 6.45) is 0.499. The van der Waals surface area contributed by atoms with Gasteiger partial charge in [-0.05, 0) is 67.8 Å². The first-order chi connectivity index (χ1) is 13.3. The Morgan fingerprint density at radius 1 is 1.18 bits per heavy atom. The molecule has 1 N–H and O–H groups in total. The first-order valence-corrected chi connectivity index (χ1v) is 9.48. The van der Waals surface area contributed by atoms with Crippen LogP contribution in [-0.4, -0.2) is 20.9 Å². The van der Waals surface area contributed by atoms with E-state index in [0.717, 1.165) is 34.0 Å². The maximum Gasteiger partial charge on any atom is 0.306 e. The highest BCUT2D eigenvalue weighted by Crippen LogP contribution is 2.23. The molecular formula is C22H23ClN2O3. The molecule has 1 unspecified atom stereocenters. The van der Waals surface area contributed by atoms with Crippen LogP contribution in [-0.2, 0) is 17.8 Å². The number of hydrogen-bond acceptors (Lipinski definition) is 3. The zero-order valence-electron chi connectivity index (χ0n) is 16.1. The smallest absolute Gasteiger partial charge is 0.306 e. The van der Waals surface area contributed by atoms with Gasteiger partial charge in [-0.25, -0.2) is 4.68 Å². The topological polar surface area (TPSA) is 64.3 Å². The van der Waals surface area contributed by atoms with E-state index in [-0.39, 0.29) is 0 Å². The maximum absolute atomic E-state index is 11.0. The van der Waals surface area contributed by atoms with Crippen LogP contribution in [0.2, 0.25) is 5.02 Å². The molecule has 3 rings (SSSR count). The molecule has 146 valence electrons. The van der Waals surface area contributed by atoms with Gasteiger partial charge in [-0.3, -0.25) is 4.79 Å². The van der Waals surface area contributed by atoms with Gasteiger partial charge in [0.2, 0.25) is 0 Å². The highest BCUT2D eigenvalue weighted by Gasteiger charge is 2.13. The number of halogens is 1. The Hall–Kier alpha value is -2.79. The van der Waals surface area contributed by atoms with E-state index < -0.39 is 11.9 Å². The third kappa shape index (κ3) is 4.73. The third-order valence-electron chi connectivity index (χ3n) is 4.55. The lowest BCUT2D eigenvalue weighted by atomic mass is 9.99. The number of rotatable bonds is 7. The first-order valence-electron chi connectivity index (χ1n) is 9.10. The molecule has 0 aliphatic carbocycles. The molecule has 0 saturated heterocycles. The minimum Gasteiger partial charge on any atom is -0.487 e. The third-order valence-corrected chi connectivity index (χ3v) is 4.81.